The van der Waals surface area contributed by atoms with Crippen molar-refractivity contribution >= 4 is 33.2 Å². The van der Waals surface area contributed by atoms with Crippen LogP contribution >= 0.6 is 0 Å². The summed E-state index contributed by atoms with van der Waals surface area (Å²) in [6.45, 7) is 0.199. The molecule has 0 saturated carbocycles. The molecule has 0 unspecified atom stereocenters. The van der Waals surface area contributed by atoms with Gasteiger partial charge in [0.25, 0.3) is 10.0 Å². The largest absolute Gasteiger partial charge is 0.497 e. The van der Waals surface area contributed by atoms with E-state index < -0.39 is 21.8 Å². The smallest absolute Gasteiger partial charge is 0.261 e. The van der Waals surface area contributed by atoms with Crippen LogP contribution in [-0.2, 0) is 19.6 Å². The number of rotatable bonds is 6. The first-order chi connectivity index (χ1) is 12.8. The van der Waals surface area contributed by atoms with Crippen LogP contribution in [-0.4, -0.2) is 33.9 Å². The Bertz CT molecular complexity index is 955. The zero-order valence-electron chi connectivity index (χ0n) is 14.6. The molecule has 1 aliphatic rings. The lowest BCUT2D eigenvalue weighted by molar-refractivity contribution is -0.123. The number of ether oxygens (including phenoxy) is 1. The van der Waals surface area contributed by atoms with Crippen LogP contribution in [0.15, 0.2) is 53.4 Å². The molecule has 9 heteroatoms. The van der Waals surface area contributed by atoms with Gasteiger partial charge in [0.05, 0.1) is 17.9 Å². The highest BCUT2D eigenvalue weighted by Gasteiger charge is 2.34. The molecule has 27 heavy (non-hydrogen) atoms. The second-order valence-corrected chi connectivity index (χ2v) is 7.82. The number of nitrogens with zero attached hydrogens (tertiary/aromatic N) is 1. The number of nitrogens with one attached hydrogen (secondary N) is 1. The maximum atomic E-state index is 12.5. The first-order valence-corrected chi connectivity index (χ1v) is 9.65. The van der Waals surface area contributed by atoms with Gasteiger partial charge in [0.2, 0.25) is 11.8 Å². The quantitative estimate of drug-likeness (QED) is 0.773. The molecule has 2 aromatic carbocycles. The van der Waals surface area contributed by atoms with Gasteiger partial charge in [0, 0.05) is 24.3 Å². The van der Waals surface area contributed by atoms with E-state index in [0.29, 0.717) is 17.1 Å². The highest BCUT2D eigenvalue weighted by molar-refractivity contribution is 7.92. The number of primary amides is 1. The van der Waals surface area contributed by atoms with Crippen molar-refractivity contribution in [2.75, 3.05) is 23.3 Å². The summed E-state index contributed by atoms with van der Waals surface area (Å²) >= 11 is 0. The number of anilines is 2. The number of sulfonamides is 1. The molecule has 3 rings (SSSR count). The first-order valence-electron chi connectivity index (χ1n) is 8.17. The van der Waals surface area contributed by atoms with Gasteiger partial charge in [-0.15, -0.1) is 0 Å². The summed E-state index contributed by atoms with van der Waals surface area (Å²) < 4.78 is 32.5. The fraction of sp³-hybridized carbons (Fsp3) is 0.222. The molecule has 0 aromatic heterocycles. The van der Waals surface area contributed by atoms with Gasteiger partial charge >= 0.3 is 0 Å². The molecule has 1 atom stereocenters. The van der Waals surface area contributed by atoms with E-state index in [1.165, 1.54) is 36.3 Å². The van der Waals surface area contributed by atoms with Crippen LogP contribution in [0.2, 0.25) is 0 Å². The molecule has 1 saturated heterocycles. The zero-order valence-corrected chi connectivity index (χ0v) is 15.4. The molecule has 142 valence electrons. The summed E-state index contributed by atoms with van der Waals surface area (Å²) in [5, 5.41) is 0. The van der Waals surface area contributed by atoms with E-state index in [1.54, 1.807) is 24.3 Å². The molecule has 0 bridgehead atoms. The average molecular weight is 389 g/mol. The number of methoxy groups -OCH3 is 1. The fourth-order valence-corrected chi connectivity index (χ4v) is 3.88. The summed E-state index contributed by atoms with van der Waals surface area (Å²) in [5.74, 6) is -0.649. The Hall–Kier alpha value is -3.07. The molecule has 0 aliphatic carbocycles. The van der Waals surface area contributed by atoms with Crippen LogP contribution in [0.25, 0.3) is 0 Å². The van der Waals surface area contributed by atoms with E-state index >= 15 is 0 Å². The maximum Gasteiger partial charge on any atom is 0.261 e. The van der Waals surface area contributed by atoms with Gasteiger partial charge in [-0.05, 0) is 48.5 Å². The minimum Gasteiger partial charge on any atom is -0.497 e. The third kappa shape index (κ3) is 4.03. The first kappa shape index (κ1) is 18.7. The lowest BCUT2D eigenvalue weighted by atomic mass is 10.1. The number of nitrogens with two attached hydrogens (primary N) is 1. The van der Waals surface area contributed by atoms with Gasteiger partial charge in [-0.1, -0.05) is 0 Å². The van der Waals surface area contributed by atoms with Crippen molar-refractivity contribution in [2.45, 2.75) is 11.3 Å². The maximum absolute atomic E-state index is 12.5. The Morgan fingerprint density at radius 1 is 1.15 bits per heavy atom. The Morgan fingerprint density at radius 2 is 1.78 bits per heavy atom. The lowest BCUT2D eigenvalue weighted by Gasteiger charge is -2.17. The Morgan fingerprint density at radius 3 is 2.30 bits per heavy atom. The van der Waals surface area contributed by atoms with Gasteiger partial charge in [0.15, 0.2) is 0 Å². The van der Waals surface area contributed by atoms with Gasteiger partial charge in [0.1, 0.15) is 5.75 Å². The molecule has 0 spiro atoms. The number of carbonyl (C=O) groups excluding carboxylic acids is 2. The second-order valence-electron chi connectivity index (χ2n) is 6.14. The van der Waals surface area contributed by atoms with E-state index in [-0.39, 0.29) is 23.8 Å². The highest BCUT2D eigenvalue weighted by atomic mass is 32.2. The Labute approximate surface area is 157 Å². The summed E-state index contributed by atoms with van der Waals surface area (Å²) in [7, 11) is -2.25. The van der Waals surface area contributed by atoms with Crippen molar-refractivity contribution in [1.82, 2.24) is 0 Å². The SMILES string of the molecule is COc1ccc(NS(=O)(=O)c2ccc(N3C[C@@H](C(N)=O)CC3=O)cc2)cc1. The van der Waals surface area contributed by atoms with Gasteiger partial charge in [-0.25, -0.2) is 8.42 Å². The number of amides is 2. The predicted molar refractivity (Wildman–Crippen MR) is 99.9 cm³/mol. The van der Waals surface area contributed by atoms with Gasteiger partial charge in [-0.3, -0.25) is 14.3 Å². The molecule has 0 radical (unpaired) electrons. The van der Waals surface area contributed by atoms with E-state index in [2.05, 4.69) is 4.72 Å². The van der Waals surface area contributed by atoms with Crippen molar-refractivity contribution < 1.29 is 22.7 Å². The van der Waals surface area contributed by atoms with E-state index in [4.69, 9.17) is 10.5 Å². The van der Waals surface area contributed by atoms with Crippen molar-refractivity contribution in [3.63, 3.8) is 0 Å². The van der Waals surface area contributed by atoms with E-state index in [1.807, 2.05) is 0 Å². The molecule has 1 fully saturated rings. The van der Waals surface area contributed by atoms with Crippen LogP contribution in [0, 0.1) is 5.92 Å². The predicted octanol–water partition coefficient (Wildman–Crippen LogP) is 1.33. The number of carbonyl (C=O) groups is 2. The van der Waals surface area contributed by atoms with Gasteiger partial charge < -0.3 is 15.4 Å². The minimum absolute atomic E-state index is 0.0557. The topological polar surface area (TPSA) is 119 Å². The van der Waals surface area contributed by atoms with Crippen molar-refractivity contribution in [3.8, 4) is 5.75 Å². The molecule has 2 aromatic rings. The minimum atomic E-state index is -3.78. The normalized spacial score (nSPS) is 17.0. The van der Waals surface area contributed by atoms with Gasteiger partial charge in [-0.2, -0.15) is 0 Å². The Balaban J connectivity index is 1.75. The summed E-state index contributed by atoms with van der Waals surface area (Å²) in [5.41, 5.74) is 6.18. The van der Waals surface area contributed by atoms with Crippen LogP contribution < -0.4 is 20.1 Å². The molecule has 8 nitrogen and oxygen atoms in total. The molecule has 3 N–H and O–H groups in total. The molecule has 1 heterocycles. The van der Waals surface area contributed by atoms with Crippen LogP contribution in [0.1, 0.15) is 6.42 Å². The molecule has 1 aliphatic heterocycles. The number of hydrogen-bond donors (Lipinski definition) is 2. The highest BCUT2D eigenvalue weighted by Crippen LogP contribution is 2.27. The monoisotopic (exact) mass is 389 g/mol. The second kappa shape index (κ2) is 7.28. The van der Waals surface area contributed by atoms with Crippen molar-refractivity contribution in [2.24, 2.45) is 11.7 Å². The number of benzene rings is 2. The van der Waals surface area contributed by atoms with Crippen LogP contribution in [0.5, 0.6) is 5.75 Å². The molecular weight excluding hydrogens is 370 g/mol. The molecular formula is C18H19N3O5S. The average Bonchev–Trinajstić information content (AvgIpc) is 3.04. The van der Waals surface area contributed by atoms with Crippen LogP contribution in [0.3, 0.4) is 0 Å². The third-order valence-electron chi connectivity index (χ3n) is 4.33. The summed E-state index contributed by atoms with van der Waals surface area (Å²) in [4.78, 5) is 24.8. The van der Waals surface area contributed by atoms with Crippen molar-refractivity contribution in [3.05, 3.63) is 48.5 Å². The fourth-order valence-electron chi connectivity index (χ4n) is 2.83. The van der Waals surface area contributed by atoms with Crippen LogP contribution in [0.4, 0.5) is 11.4 Å². The zero-order chi connectivity index (χ0) is 19.6. The van der Waals surface area contributed by atoms with E-state index in [0.717, 1.165) is 0 Å². The number of hydrogen-bond acceptors (Lipinski definition) is 5. The summed E-state index contributed by atoms with van der Waals surface area (Å²) in [6.07, 6.45) is 0.0639. The van der Waals surface area contributed by atoms with E-state index in [9.17, 15) is 18.0 Å². The Kier molecular flexibility index (Phi) is 5.04. The third-order valence-corrected chi connectivity index (χ3v) is 5.73. The molecule has 2 amide bonds. The lowest BCUT2D eigenvalue weighted by Crippen LogP contribution is -2.28. The van der Waals surface area contributed by atoms with Crippen molar-refractivity contribution in [1.29, 1.82) is 0 Å². The summed E-state index contributed by atoms with van der Waals surface area (Å²) in [6, 6.07) is 12.4. The standard InChI is InChI=1S/C18H19N3O5S/c1-26-15-6-2-13(3-7-15)20-27(24,25)16-8-4-14(5-9-16)21-11-12(18(19)23)10-17(21)22/h2-9,12,20H,10-11H2,1H3,(H2,19,23)/t12-/m0/s1.